The van der Waals surface area contributed by atoms with E-state index in [1.54, 1.807) is 6.20 Å². The summed E-state index contributed by atoms with van der Waals surface area (Å²) in [5, 5.41) is 9.05. The summed E-state index contributed by atoms with van der Waals surface area (Å²) < 4.78 is 2.04. The average molecular weight is 310 g/mol. The zero-order chi connectivity index (χ0) is 16.6. The fourth-order valence-electron chi connectivity index (χ4n) is 3.10. The molecule has 0 aromatic carbocycles. The van der Waals surface area contributed by atoms with E-state index < -0.39 is 0 Å². The Morgan fingerprint density at radius 2 is 2.00 bits per heavy atom. The van der Waals surface area contributed by atoms with Gasteiger partial charge in [-0.2, -0.15) is 5.10 Å². The van der Waals surface area contributed by atoms with Crippen molar-refractivity contribution < 1.29 is 0 Å². The highest BCUT2D eigenvalue weighted by atomic mass is 15.3. The van der Waals surface area contributed by atoms with Crippen molar-refractivity contribution in [3.05, 3.63) is 41.1 Å². The quantitative estimate of drug-likeness (QED) is 0.800. The molecule has 120 valence electrons. The number of aryl methyl sites for hydroxylation is 3. The molecule has 0 amide bonds. The molecule has 23 heavy (non-hydrogen) atoms. The van der Waals surface area contributed by atoms with Gasteiger partial charge in [-0.3, -0.25) is 4.68 Å². The van der Waals surface area contributed by atoms with Crippen LogP contribution in [0.3, 0.4) is 0 Å². The van der Waals surface area contributed by atoms with E-state index in [-0.39, 0.29) is 6.04 Å². The highest BCUT2D eigenvalue weighted by molar-refractivity contribution is 5.86. The summed E-state index contributed by atoms with van der Waals surface area (Å²) in [5.74, 6) is 1.53. The molecule has 3 aromatic heterocycles. The van der Waals surface area contributed by atoms with Gasteiger partial charge in [-0.25, -0.2) is 15.0 Å². The zero-order valence-electron chi connectivity index (χ0n) is 14.3. The van der Waals surface area contributed by atoms with Gasteiger partial charge >= 0.3 is 0 Å². The van der Waals surface area contributed by atoms with Crippen molar-refractivity contribution in [2.75, 3.05) is 5.32 Å². The molecule has 1 atom stereocenters. The predicted octanol–water partition coefficient (Wildman–Crippen LogP) is 3.34. The summed E-state index contributed by atoms with van der Waals surface area (Å²) in [6.07, 6.45) is 1.75. The second-order valence-electron chi connectivity index (χ2n) is 5.76. The van der Waals surface area contributed by atoms with Gasteiger partial charge < -0.3 is 5.32 Å². The average Bonchev–Trinajstić information content (AvgIpc) is 2.81. The van der Waals surface area contributed by atoms with Crippen LogP contribution in [-0.2, 0) is 6.54 Å². The van der Waals surface area contributed by atoms with Crippen molar-refractivity contribution in [1.82, 2.24) is 24.7 Å². The lowest BCUT2D eigenvalue weighted by molar-refractivity contribution is 0.632. The van der Waals surface area contributed by atoms with Crippen LogP contribution in [0.2, 0.25) is 0 Å². The SMILES string of the molecule is CCn1nc(C)c([C@H](C)Nc2nc(C)nc3ncccc23)c1C. The molecule has 0 aliphatic carbocycles. The number of hydrogen-bond acceptors (Lipinski definition) is 5. The summed E-state index contributed by atoms with van der Waals surface area (Å²) in [7, 11) is 0. The number of rotatable bonds is 4. The molecular formula is C17H22N6. The van der Waals surface area contributed by atoms with Crippen molar-refractivity contribution in [3.8, 4) is 0 Å². The van der Waals surface area contributed by atoms with Crippen LogP contribution in [0.5, 0.6) is 0 Å². The van der Waals surface area contributed by atoms with Crippen molar-refractivity contribution in [2.45, 2.75) is 47.2 Å². The first-order valence-corrected chi connectivity index (χ1v) is 7.91. The molecule has 1 N–H and O–H groups in total. The highest BCUT2D eigenvalue weighted by Gasteiger charge is 2.18. The van der Waals surface area contributed by atoms with Crippen molar-refractivity contribution in [2.24, 2.45) is 0 Å². The monoisotopic (exact) mass is 310 g/mol. The maximum Gasteiger partial charge on any atom is 0.164 e. The Kier molecular flexibility index (Phi) is 3.98. The third kappa shape index (κ3) is 2.76. The number of nitrogens with one attached hydrogen (secondary N) is 1. The molecule has 0 spiro atoms. The highest BCUT2D eigenvalue weighted by Crippen LogP contribution is 2.27. The van der Waals surface area contributed by atoms with Crippen LogP contribution in [0, 0.1) is 20.8 Å². The standard InChI is InChI=1S/C17H22N6/c1-6-23-12(4)15(11(3)22-23)10(2)19-17-14-8-7-9-18-16(14)20-13(5)21-17/h7-10H,6H2,1-5H3,(H,18,19,20,21)/t10-/m0/s1. The normalized spacial score (nSPS) is 12.6. The summed E-state index contributed by atoms with van der Waals surface area (Å²) in [4.78, 5) is 13.3. The summed E-state index contributed by atoms with van der Waals surface area (Å²) in [6, 6.07) is 4.00. The smallest absolute Gasteiger partial charge is 0.164 e. The van der Waals surface area contributed by atoms with E-state index in [2.05, 4.69) is 53.1 Å². The number of hydrogen-bond donors (Lipinski definition) is 1. The summed E-state index contributed by atoms with van der Waals surface area (Å²) in [6.45, 7) is 11.2. The molecule has 0 saturated heterocycles. The van der Waals surface area contributed by atoms with E-state index in [1.165, 1.54) is 11.3 Å². The molecule has 3 rings (SSSR count). The molecule has 0 unspecified atom stereocenters. The largest absolute Gasteiger partial charge is 0.363 e. The number of anilines is 1. The van der Waals surface area contributed by atoms with E-state index in [4.69, 9.17) is 0 Å². The van der Waals surface area contributed by atoms with E-state index in [0.29, 0.717) is 11.5 Å². The molecule has 0 aliphatic heterocycles. The Bertz CT molecular complexity index is 852. The molecule has 0 aliphatic rings. The molecule has 3 aromatic rings. The second kappa shape index (κ2) is 5.95. The van der Waals surface area contributed by atoms with Gasteiger partial charge in [0.2, 0.25) is 0 Å². The Hall–Kier alpha value is -2.50. The van der Waals surface area contributed by atoms with Crippen LogP contribution in [0.15, 0.2) is 18.3 Å². The fraction of sp³-hybridized carbons (Fsp3) is 0.412. The van der Waals surface area contributed by atoms with E-state index in [0.717, 1.165) is 23.4 Å². The lowest BCUT2D eigenvalue weighted by Gasteiger charge is -2.17. The molecule has 0 fully saturated rings. The number of nitrogens with zero attached hydrogens (tertiary/aromatic N) is 5. The van der Waals surface area contributed by atoms with E-state index >= 15 is 0 Å². The van der Waals surface area contributed by atoms with Crippen molar-refractivity contribution >= 4 is 16.9 Å². The number of fused-ring (bicyclic) bond motifs is 1. The zero-order valence-corrected chi connectivity index (χ0v) is 14.3. The van der Waals surface area contributed by atoms with Gasteiger partial charge in [-0.1, -0.05) is 0 Å². The van der Waals surface area contributed by atoms with Crippen molar-refractivity contribution in [1.29, 1.82) is 0 Å². The first kappa shape index (κ1) is 15.4. The lowest BCUT2D eigenvalue weighted by Crippen LogP contribution is -2.11. The Morgan fingerprint density at radius 3 is 2.70 bits per heavy atom. The Morgan fingerprint density at radius 1 is 1.22 bits per heavy atom. The van der Waals surface area contributed by atoms with Crippen LogP contribution < -0.4 is 5.32 Å². The van der Waals surface area contributed by atoms with E-state index in [1.807, 2.05) is 23.7 Å². The molecule has 3 heterocycles. The van der Waals surface area contributed by atoms with Crippen LogP contribution in [0.4, 0.5) is 5.82 Å². The van der Waals surface area contributed by atoms with Crippen LogP contribution in [-0.4, -0.2) is 24.7 Å². The summed E-state index contributed by atoms with van der Waals surface area (Å²) in [5.41, 5.74) is 4.18. The van der Waals surface area contributed by atoms with Gasteiger partial charge in [0, 0.05) is 24.0 Å². The topological polar surface area (TPSA) is 68.5 Å². The molecule has 0 radical (unpaired) electrons. The number of pyridine rings is 1. The minimum atomic E-state index is 0.105. The first-order chi connectivity index (χ1) is 11.0. The molecule has 0 bridgehead atoms. The molecule has 6 nitrogen and oxygen atoms in total. The van der Waals surface area contributed by atoms with Gasteiger partial charge in [0.25, 0.3) is 0 Å². The fourth-order valence-corrected chi connectivity index (χ4v) is 3.10. The van der Waals surface area contributed by atoms with Crippen LogP contribution in [0.25, 0.3) is 11.0 Å². The maximum atomic E-state index is 4.60. The minimum absolute atomic E-state index is 0.105. The van der Waals surface area contributed by atoms with Gasteiger partial charge in [-0.15, -0.1) is 0 Å². The molecular weight excluding hydrogens is 288 g/mol. The second-order valence-corrected chi connectivity index (χ2v) is 5.76. The maximum absolute atomic E-state index is 4.60. The van der Waals surface area contributed by atoms with Gasteiger partial charge in [-0.05, 0) is 46.8 Å². The lowest BCUT2D eigenvalue weighted by atomic mass is 10.1. The predicted molar refractivity (Wildman–Crippen MR) is 91.5 cm³/mol. The van der Waals surface area contributed by atoms with Crippen LogP contribution >= 0.6 is 0 Å². The molecule has 6 heteroatoms. The first-order valence-electron chi connectivity index (χ1n) is 7.91. The van der Waals surface area contributed by atoms with E-state index in [9.17, 15) is 0 Å². The number of aromatic nitrogens is 5. The molecule has 0 saturated carbocycles. The minimum Gasteiger partial charge on any atom is -0.363 e. The Labute approximate surface area is 136 Å². The van der Waals surface area contributed by atoms with Crippen LogP contribution in [0.1, 0.15) is 42.7 Å². The Balaban J connectivity index is 2.01. The summed E-state index contributed by atoms with van der Waals surface area (Å²) >= 11 is 0. The van der Waals surface area contributed by atoms with Crippen molar-refractivity contribution in [3.63, 3.8) is 0 Å². The third-order valence-electron chi connectivity index (χ3n) is 4.11. The third-order valence-corrected chi connectivity index (χ3v) is 4.11. The van der Waals surface area contributed by atoms with Gasteiger partial charge in [0.1, 0.15) is 11.6 Å². The van der Waals surface area contributed by atoms with Gasteiger partial charge in [0.15, 0.2) is 5.65 Å². The van der Waals surface area contributed by atoms with Gasteiger partial charge in [0.05, 0.1) is 17.1 Å².